The number of benzene rings is 3. The fourth-order valence-corrected chi connectivity index (χ4v) is 3.94. The van der Waals surface area contributed by atoms with Crippen molar-refractivity contribution in [3.63, 3.8) is 0 Å². The van der Waals surface area contributed by atoms with Gasteiger partial charge < -0.3 is 9.80 Å². The quantitative estimate of drug-likeness (QED) is 0.686. The lowest BCUT2D eigenvalue weighted by atomic mass is 10.1. The van der Waals surface area contributed by atoms with Crippen molar-refractivity contribution in [3.8, 4) is 0 Å². The van der Waals surface area contributed by atoms with Gasteiger partial charge in [-0.05, 0) is 50.2 Å². The van der Waals surface area contributed by atoms with Gasteiger partial charge in [0, 0.05) is 13.1 Å². The van der Waals surface area contributed by atoms with Crippen molar-refractivity contribution in [2.45, 2.75) is 13.8 Å². The summed E-state index contributed by atoms with van der Waals surface area (Å²) < 4.78 is 0. The summed E-state index contributed by atoms with van der Waals surface area (Å²) >= 11 is 0. The molecular weight excluding hydrogens is 320 g/mol. The predicted octanol–water partition coefficient (Wildman–Crippen LogP) is 4.53. The summed E-state index contributed by atoms with van der Waals surface area (Å²) in [6, 6.07) is 21.0. The van der Waals surface area contributed by atoms with Gasteiger partial charge in [-0.3, -0.25) is 0 Å². The molecule has 2 heterocycles. The molecule has 4 heteroatoms. The Bertz CT molecular complexity index is 1040. The van der Waals surface area contributed by atoms with Crippen LogP contribution in [0, 0.1) is 0 Å². The van der Waals surface area contributed by atoms with E-state index in [1.165, 1.54) is 0 Å². The molecule has 0 bridgehead atoms. The summed E-state index contributed by atoms with van der Waals surface area (Å²) in [5.74, 6) is 0. The molecule has 2 aliphatic heterocycles. The molecule has 0 saturated carbocycles. The van der Waals surface area contributed by atoms with Gasteiger partial charge in [0.15, 0.2) is 0 Å². The van der Waals surface area contributed by atoms with Gasteiger partial charge >= 0.3 is 0 Å². The van der Waals surface area contributed by atoms with Crippen LogP contribution < -0.4 is 20.5 Å². The van der Waals surface area contributed by atoms with Crippen molar-refractivity contribution in [2.75, 3.05) is 22.9 Å². The molecule has 0 atom stereocenters. The van der Waals surface area contributed by atoms with E-state index in [2.05, 4.69) is 72.2 Å². The zero-order valence-corrected chi connectivity index (χ0v) is 15.0. The summed E-state index contributed by atoms with van der Waals surface area (Å²) in [6.45, 7) is 6.14. The number of hydrogen-bond donors (Lipinski definition) is 0. The third kappa shape index (κ3) is 2.08. The molecule has 0 saturated heterocycles. The summed E-state index contributed by atoms with van der Waals surface area (Å²) in [5.41, 5.74) is 6.63. The van der Waals surface area contributed by atoms with Crippen molar-refractivity contribution in [1.29, 1.82) is 0 Å². The normalized spacial score (nSPS) is 13.8. The maximum Gasteiger partial charge on any atom is 0.0897 e. The molecule has 0 amide bonds. The van der Waals surface area contributed by atoms with Crippen LogP contribution in [0.2, 0.25) is 0 Å². The van der Waals surface area contributed by atoms with Crippen LogP contribution in [0.15, 0.2) is 70.6 Å². The monoisotopic (exact) mass is 340 g/mol. The Labute approximate surface area is 152 Å². The van der Waals surface area contributed by atoms with Crippen molar-refractivity contribution < 1.29 is 0 Å². The van der Waals surface area contributed by atoms with Crippen LogP contribution in [0.5, 0.6) is 0 Å². The summed E-state index contributed by atoms with van der Waals surface area (Å²) in [7, 11) is 0. The molecule has 0 N–H and O–H groups in total. The van der Waals surface area contributed by atoms with Gasteiger partial charge in [-0.25, -0.2) is 9.98 Å². The van der Waals surface area contributed by atoms with Crippen LogP contribution in [0.25, 0.3) is 0 Å². The molecular formula is C22H20N4. The second-order valence-corrected chi connectivity index (χ2v) is 6.52. The van der Waals surface area contributed by atoms with Crippen molar-refractivity contribution in [1.82, 2.24) is 0 Å². The molecule has 3 aromatic carbocycles. The molecule has 3 aromatic rings. The predicted molar refractivity (Wildman–Crippen MR) is 106 cm³/mol. The van der Waals surface area contributed by atoms with Gasteiger partial charge in [0.1, 0.15) is 0 Å². The highest BCUT2D eigenvalue weighted by Gasteiger charge is 2.23. The molecule has 0 radical (unpaired) electrons. The molecule has 128 valence electrons. The first-order chi connectivity index (χ1) is 12.8. The largest absolute Gasteiger partial charge is 0.338 e. The third-order valence-corrected chi connectivity index (χ3v) is 5.11. The summed E-state index contributed by atoms with van der Waals surface area (Å²) in [4.78, 5) is 14.5. The number of nitrogens with zero attached hydrogens (tertiary/aromatic N) is 4. The number of fused-ring (bicyclic) bond motifs is 4. The maximum absolute atomic E-state index is 4.93. The van der Waals surface area contributed by atoms with Crippen LogP contribution in [0.3, 0.4) is 0 Å². The smallest absolute Gasteiger partial charge is 0.0897 e. The van der Waals surface area contributed by atoms with Gasteiger partial charge in [0.25, 0.3) is 0 Å². The minimum absolute atomic E-state index is 0.895. The number of para-hydroxylation sites is 4. The van der Waals surface area contributed by atoms with E-state index in [9.17, 15) is 0 Å². The summed E-state index contributed by atoms with van der Waals surface area (Å²) in [5, 5.41) is 2.02. The number of anilines is 4. The fraction of sp³-hybridized carbons (Fsp3) is 0.182. The lowest BCUT2D eigenvalue weighted by Crippen LogP contribution is -2.33. The minimum Gasteiger partial charge on any atom is -0.338 e. The second-order valence-electron chi connectivity index (χ2n) is 6.52. The van der Waals surface area contributed by atoms with E-state index in [1.807, 2.05) is 12.1 Å². The second kappa shape index (κ2) is 5.70. The average Bonchev–Trinajstić information content (AvgIpc) is 2.68. The van der Waals surface area contributed by atoms with Crippen molar-refractivity contribution >= 4 is 34.1 Å². The third-order valence-electron chi connectivity index (χ3n) is 5.11. The van der Waals surface area contributed by atoms with Gasteiger partial charge in [-0.1, -0.05) is 24.3 Å². The molecule has 5 rings (SSSR count). The zero-order chi connectivity index (χ0) is 17.7. The van der Waals surface area contributed by atoms with Crippen LogP contribution in [0.1, 0.15) is 13.8 Å². The number of rotatable bonds is 2. The average molecular weight is 340 g/mol. The molecule has 0 unspecified atom stereocenters. The standard InChI is InChI=1S/C22H20N4/c1-3-25-19-11-7-5-9-15(19)23-17-14-22-18(13-21(17)25)24-16-10-6-8-12-20(16)26(22)4-2/h5-14H,3-4H2,1-2H3. The van der Waals surface area contributed by atoms with Crippen molar-refractivity contribution in [2.24, 2.45) is 9.98 Å². The van der Waals surface area contributed by atoms with E-state index in [0.717, 1.165) is 57.9 Å². The van der Waals surface area contributed by atoms with E-state index < -0.39 is 0 Å². The summed E-state index contributed by atoms with van der Waals surface area (Å²) in [6.07, 6.45) is 0. The lowest BCUT2D eigenvalue weighted by Gasteiger charge is -2.31. The van der Waals surface area contributed by atoms with E-state index >= 15 is 0 Å². The Balaban J connectivity index is 1.82. The minimum atomic E-state index is 0.895. The van der Waals surface area contributed by atoms with Gasteiger partial charge in [0.05, 0.1) is 44.8 Å². The van der Waals surface area contributed by atoms with E-state index in [4.69, 9.17) is 9.98 Å². The van der Waals surface area contributed by atoms with Crippen LogP contribution in [-0.2, 0) is 0 Å². The van der Waals surface area contributed by atoms with Gasteiger partial charge in [-0.15, -0.1) is 0 Å². The maximum atomic E-state index is 4.93. The Morgan fingerprint density at radius 3 is 1.46 bits per heavy atom. The molecule has 26 heavy (non-hydrogen) atoms. The van der Waals surface area contributed by atoms with E-state index in [1.54, 1.807) is 0 Å². The highest BCUT2D eigenvalue weighted by atomic mass is 15.2. The topological polar surface area (TPSA) is 31.2 Å². The van der Waals surface area contributed by atoms with Gasteiger partial charge in [0.2, 0.25) is 0 Å². The fourth-order valence-electron chi connectivity index (χ4n) is 3.94. The van der Waals surface area contributed by atoms with E-state index in [-0.39, 0.29) is 0 Å². The van der Waals surface area contributed by atoms with Crippen LogP contribution in [-0.4, -0.2) is 13.1 Å². The molecule has 2 aliphatic rings. The molecule has 0 aromatic heterocycles. The Hall–Kier alpha value is -3.14. The molecule has 0 spiro atoms. The Kier molecular flexibility index (Phi) is 3.32. The van der Waals surface area contributed by atoms with Crippen LogP contribution >= 0.6 is 0 Å². The first-order valence-corrected chi connectivity index (χ1v) is 9.14. The Morgan fingerprint density at radius 2 is 1.04 bits per heavy atom. The van der Waals surface area contributed by atoms with Gasteiger partial charge in [-0.2, -0.15) is 0 Å². The first-order valence-electron chi connectivity index (χ1n) is 9.14. The highest BCUT2D eigenvalue weighted by Crippen LogP contribution is 2.38. The van der Waals surface area contributed by atoms with Crippen LogP contribution in [0.4, 0.5) is 34.1 Å². The zero-order valence-electron chi connectivity index (χ0n) is 15.0. The molecule has 0 aliphatic carbocycles. The molecule has 4 nitrogen and oxygen atoms in total. The first kappa shape index (κ1) is 15.1. The lowest BCUT2D eigenvalue weighted by molar-refractivity contribution is 0.964. The van der Waals surface area contributed by atoms with E-state index in [0.29, 0.717) is 0 Å². The number of hydrogen-bond acceptors (Lipinski definition) is 4. The SMILES string of the molecule is CCN1c2ccccc2N=c2cc3c(cc21)=Nc1ccccc1N3CC. The van der Waals surface area contributed by atoms with Crippen molar-refractivity contribution in [3.05, 3.63) is 71.4 Å². The molecule has 0 fully saturated rings. The Morgan fingerprint density at radius 1 is 0.615 bits per heavy atom. The highest BCUT2D eigenvalue weighted by molar-refractivity contribution is 5.81.